The van der Waals surface area contributed by atoms with Crippen LogP contribution in [0.3, 0.4) is 0 Å². The van der Waals surface area contributed by atoms with E-state index in [-0.39, 0.29) is 24.7 Å². The van der Waals surface area contributed by atoms with Crippen LogP contribution in [0.4, 0.5) is 0 Å². The van der Waals surface area contributed by atoms with Gasteiger partial charge in [-0.3, -0.25) is 10.1 Å². The quantitative estimate of drug-likeness (QED) is 0.527. The van der Waals surface area contributed by atoms with Gasteiger partial charge < -0.3 is 9.84 Å². The zero-order valence-corrected chi connectivity index (χ0v) is 10.8. The summed E-state index contributed by atoms with van der Waals surface area (Å²) in [5, 5.41) is 12.6. The summed E-state index contributed by atoms with van der Waals surface area (Å²) in [6.45, 7) is 2.89. The Morgan fingerprint density at radius 1 is 1.35 bits per heavy atom. The van der Waals surface area contributed by atoms with Gasteiger partial charge in [-0.15, -0.1) is 0 Å². The second-order valence-electron chi connectivity index (χ2n) is 4.93. The summed E-state index contributed by atoms with van der Waals surface area (Å²) in [4.78, 5) is 11.5. The van der Waals surface area contributed by atoms with Crippen molar-refractivity contribution < 1.29 is 14.6 Å². The highest BCUT2D eigenvalue weighted by atomic mass is 16.5. The van der Waals surface area contributed by atoms with E-state index in [1.54, 1.807) is 0 Å². The van der Waals surface area contributed by atoms with Gasteiger partial charge in [0.2, 0.25) is 0 Å². The first-order valence-electron chi connectivity index (χ1n) is 6.74. The Hall–Kier alpha value is -0.610. The molecule has 0 spiro atoms. The Balaban J connectivity index is 2.24. The number of aliphatic hydroxyl groups is 1. The van der Waals surface area contributed by atoms with Crippen molar-refractivity contribution >= 4 is 5.97 Å². The van der Waals surface area contributed by atoms with Crippen molar-refractivity contribution in [2.45, 2.75) is 57.4 Å². The second kappa shape index (κ2) is 7.67. The Labute approximate surface area is 104 Å². The standard InChI is InChI=1S/C13H25NO3/c1-2-3-9-17-12(16)10-14-13(11-15)7-5-4-6-8-13/h14-15H,2-11H2,1H3. The number of rotatable bonds is 7. The van der Waals surface area contributed by atoms with Crippen molar-refractivity contribution in [1.82, 2.24) is 5.32 Å². The van der Waals surface area contributed by atoms with Crippen LogP contribution in [-0.2, 0) is 9.53 Å². The fraction of sp³-hybridized carbons (Fsp3) is 0.923. The number of unbranched alkanes of at least 4 members (excludes halogenated alkanes) is 1. The summed E-state index contributed by atoms with van der Waals surface area (Å²) in [5.41, 5.74) is -0.248. The van der Waals surface area contributed by atoms with Crippen LogP contribution < -0.4 is 5.32 Å². The maximum absolute atomic E-state index is 11.5. The van der Waals surface area contributed by atoms with E-state index in [9.17, 15) is 9.90 Å². The number of carbonyl (C=O) groups excluding carboxylic acids is 1. The third-order valence-corrected chi connectivity index (χ3v) is 3.48. The molecule has 0 aromatic carbocycles. The second-order valence-corrected chi connectivity index (χ2v) is 4.93. The van der Waals surface area contributed by atoms with Gasteiger partial charge in [-0.25, -0.2) is 0 Å². The lowest BCUT2D eigenvalue weighted by atomic mass is 9.82. The molecule has 4 heteroatoms. The van der Waals surface area contributed by atoms with Crippen LogP contribution in [0.25, 0.3) is 0 Å². The number of hydrogen-bond acceptors (Lipinski definition) is 4. The first kappa shape index (κ1) is 14.5. The number of hydrogen-bond donors (Lipinski definition) is 2. The van der Waals surface area contributed by atoms with Gasteiger partial charge in [-0.05, 0) is 19.3 Å². The first-order valence-corrected chi connectivity index (χ1v) is 6.74. The SMILES string of the molecule is CCCCOC(=O)CNC1(CO)CCCCC1. The van der Waals surface area contributed by atoms with Crippen LogP contribution >= 0.6 is 0 Å². The van der Waals surface area contributed by atoms with Gasteiger partial charge in [-0.1, -0.05) is 32.6 Å². The maximum atomic E-state index is 11.5. The lowest BCUT2D eigenvalue weighted by Crippen LogP contribution is -2.51. The average Bonchev–Trinajstić information content (AvgIpc) is 2.38. The maximum Gasteiger partial charge on any atom is 0.319 e. The van der Waals surface area contributed by atoms with Gasteiger partial charge in [0, 0.05) is 5.54 Å². The molecule has 1 saturated carbocycles. The summed E-state index contributed by atoms with van der Waals surface area (Å²) in [6, 6.07) is 0. The molecule has 100 valence electrons. The van der Waals surface area contributed by atoms with Crippen LogP contribution in [0.5, 0.6) is 0 Å². The third-order valence-electron chi connectivity index (χ3n) is 3.48. The van der Waals surface area contributed by atoms with Gasteiger partial charge >= 0.3 is 5.97 Å². The predicted molar refractivity (Wildman–Crippen MR) is 66.8 cm³/mol. The van der Waals surface area contributed by atoms with E-state index in [1.807, 2.05) is 0 Å². The molecule has 0 heterocycles. The van der Waals surface area contributed by atoms with Crippen molar-refractivity contribution in [3.05, 3.63) is 0 Å². The van der Waals surface area contributed by atoms with E-state index >= 15 is 0 Å². The zero-order valence-electron chi connectivity index (χ0n) is 10.8. The molecule has 2 N–H and O–H groups in total. The summed E-state index contributed by atoms with van der Waals surface area (Å²) in [6.07, 6.45) is 7.32. The molecule has 1 aliphatic rings. The van der Waals surface area contributed by atoms with Crippen molar-refractivity contribution in [1.29, 1.82) is 0 Å². The molecule has 0 saturated heterocycles. The van der Waals surface area contributed by atoms with E-state index in [1.165, 1.54) is 6.42 Å². The predicted octanol–water partition coefficient (Wildman–Crippen LogP) is 1.61. The largest absolute Gasteiger partial charge is 0.465 e. The van der Waals surface area contributed by atoms with Crippen LogP contribution in [0.15, 0.2) is 0 Å². The molecule has 0 unspecified atom stereocenters. The molecule has 0 radical (unpaired) electrons. The number of aliphatic hydroxyl groups excluding tert-OH is 1. The molecule has 0 aromatic heterocycles. The van der Waals surface area contributed by atoms with E-state index in [0.717, 1.165) is 38.5 Å². The van der Waals surface area contributed by atoms with Gasteiger partial charge in [-0.2, -0.15) is 0 Å². The third kappa shape index (κ3) is 5.04. The Morgan fingerprint density at radius 2 is 2.06 bits per heavy atom. The van der Waals surface area contributed by atoms with Crippen LogP contribution in [0.2, 0.25) is 0 Å². The molecule has 0 amide bonds. The van der Waals surface area contributed by atoms with E-state index in [2.05, 4.69) is 12.2 Å². The average molecular weight is 243 g/mol. The molecule has 4 nitrogen and oxygen atoms in total. The van der Waals surface area contributed by atoms with Crippen LogP contribution in [0, 0.1) is 0 Å². The van der Waals surface area contributed by atoms with E-state index < -0.39 is 0 Å². The van der Waals surface area contributed by atoms with Gasteiger partial charge in [0.25, 0.3) is 0 Å². The number of nitrogens with one attached hydrogen (secondary N) is 1. The molecule has 0 aliphatic heterocycles. The molecule has 0 atom stereocenters. The normalized spacial score (nSPS) is 18.9. The summed E-state index contributed by atoms with van der Waals surface area (Å²) in [7, 11) is 0. The Bertz CT molecular complexity index is 225. The smallest absolute Gasteiger partial charge is 0.319 e. The number of carbonyl (C=O) groups is 1. The highest BCUT2D eigenvalue weighted by Gasteiger charge is 2.31. The molecule has 0 bridgehead atoms. The lowest BCUT2D eigenvalue weighted by molar-refractivity contribution is -0.143. The summed E-state index contributed by atoms with van der Waals surface area (Å²) in [5.74, 6) is -0.211. The fourth-order valence-corrected chi connectivity index (χ4v) is 2.26. The molecular weight excluding hydrogens is 218 g/mol. The minimum atomic E-state index is -0.248. The minimum absolute atomic E-state index is 0.106. The molecule has 17 heavy (non-hydrogen) atoms. The Morgan fingerprint density at radius 3 is 2.65 bits per heavy atom. The van der Waals surface area contributed by atoms with Crippen LogP contribution in [0.1, 0.15) is 51.9 Å². The van der Waals surface area contributed by atoms with Crippen molar-refractivity contribution in [3.8, 4) is 0 Å². The molecule has 1 aliphatic carbocycles. The Kier molecular flexibility index (Phi) is 6.52. The lowest BCUT2D eigenvalue weighted by Gasteiger charge is -2.36. The first-order chi connectivity index (χ1) is 8.22. The van der Waals surface area contributed by atoms with Gasteiger partial charge in [0.15, 0.2) is 0 Å². The molecule has 0 aromatic rings. The van der Waals surface area contributed by atoms with Crippen molar-refractivity contribution in [3.63, 3.8) is 0 Å². The highest BCUT2D eigenvalue weighted by Crippen LogP contribution is 2.27. The number of ether oxygens (including phenoxy) is 1. The molecule has 1 rings (SSSR count). The summed E-state index contributed by atoms with van der Waals surface area (Å²) < 4.78 is 5.08. The van der Waals surface area contributed by atoms with Gasteiger partial charge in [0.1, 0.15) is 0 Å². The van der Waals surface area contributed by atoms with Crippen molar-refractivity contribution in [2.75, 3.05) is 19.8 Å². The van der Waals surface area contributed by atoms with E-state index in [0.29, 0.717) is 6.61 Å². The zero-order chi connectivity index (χ0) is 12.6. The molecule has 1 fully saturated rings. The van der Waals surface area contributed by atoms with Gasteiger partial charge in [0.05, 0.1) is 19.8 Å². The molecular formula is C13H25NO3. The topological polar surface area (TPSA) is 58.6 Å². The minimum Gasteiger partial charge on any atom is -0.465 e. The fourth-order valence-electron chi connectivity index (χ4n) is 2.26. The van der Waals surface area contributed by atoms with Crippen molar-refractivity contribution in [2.24, 2.45) is 0 Å². The highest BCUT2D eigenvalue weighted by molar-refractivity contribution is 5.71. The number of esters is 1. The summed E-state index contributed by atoms with van der Waals surface area (Å²) >= 11 is 0. The van der Waals surface area contributed by atoms with E-state index in [4.69, 9.17) is 4.74 Å². The monoisotopic (exact) mass is 243 g/mol. The van der Waals surface area contributed by atoms with Crippen LogP contribution in [-0.4, -0.2) is 36.4 Å².